The van der Waals surface area contributed by atoms with Crippen LogP contribution in [-0.2, 0) is 20.9 Å². The van der Waals surface area contributed by atoms with Gasteiger partial charge in [-0.15, -0.1) is 11.3 Å². The minimum absolute atomic E-state index is 0.348. The average molecular weight is 475 g/mol. The summed E-state index contributed by atoms with van der Waals surface area (Å²) < 4.78 is 6.53. The number of carbonyl (C=O) groups is 2. The van der Waals surface area contributed by atoms with Gasteiger partial charge in [0.05, 0.1) is 17.8 Å². The summed E-state index contributed by atoms with van der Waals surface area (Å²) in [5.41, 5.74) is 2.40. The molecule has 0 atom stereocenters. The Morgan fingerprint density at radius 1 is 1.32 bits per heavy atom. The summed E-state index contributed by atoms with van der Waals surface area (Å²) in [6.45, 7) is 1.66. The molecule has 3 aromatic rings. The second kappa shape index (κ2) is 10.3. The Hall–Kier alpha value is -3.12. The number of ether oxygens (including phenoxy) is 1. The molecule has 0 aliphatic carbocycles. The van der Waals surface area contributed by atoms with E-state index in [4.69, 9.17) is 33.2 Å². The molecule has 7 nitrogen and oxygen atoms in total. The molecule has 0 aliphatic rings. The minimum atomic E-state index is -0.712. The van der Waals surface area contributed by atoms with Crippen LogP contribution in [0.5, 0.6) is 0 Å². The number of esters is 1. The van der Waals surface area contributed by atoms with E-state index in [2.05, 4.69) is 10.4 Å². The van der Waals surface area contributed by atoms with Crippen LogP contribution < -0.4 is 5.32 Å². The van der Waals surface area contributed by atoms with Gasteiger partial charge in [-0.05, 0) is 36.1 Å². The third kappa shape index (κ3) is 5.73. The van der Waals surface area contributed by atoms with Crippen molar-refractivity contribution in [1.82, 2.24) is 9.78 Å². The number of anilines is 1. The molecule has 0 unspecified atom stereocenters. The highest BCUT2D eigenvalue weighted by Crippen LogP contribution is 2.24. The number of thiophene rings is 1. The molecule has 0 saturated heterocycles. The first-order valence-electron chi connectivity index (χ1n) is 8.97. The average Bonchev–Trinajstić information content (AvgIpc) is 3.30. The molecule has 0 bridgehead atoms. The lowest BCUT2D eigenvalue weighted by Gasteiger charge is -2.05. The number of amides is 1. The van der Waals surface area contributed by atoms with E-state index < -0.39 is 18.5 Å². The van der Waals surface area contributed by atoms with E-state index in [0.717, 1.165) is 5.56 Å². The topological polar surface area (TPSA) is 97.0 Å². The summed E-state index contributed by atoms with van der Waals surface area (Å²) in [6.07, 6.45) is 2.66. The number of rotatable bonds is 7. The predicted molar refractivity (Wildman–Crippen MR) is 120 cm³/mol. The summed E-state index contributed by atoms with van der Waals surface area (Å²) >= 11 is 13.8. The van der Waals surface area contributed by atoms with E-state index in [1.807, 2.05) is 24.3 Å². The van der Waals surface area contributed by atoms with Gasteiger partial charge in [0.15, 0.2) is 6.61 Å². The summed E-state index contributed by atoms with van der Waals surface area (Å²) in [5.74, 6) is -1.25. The number of nitriles is 1. The monoisotopic (exact) mass is 474 g/mol. The van der Waals surface area contributed by atoms with Crippen LogP contribution >= 0.6 is 34.5 Å². The molecule has 1 amide bonds. The molecule has 1 N–H and O–H groups in total. The Labute approximate surface area is 192 Å². The number of carbonyl (C=O) groups excluding carboxylic acids is 2. The van der Waals surface area contributed by atoms with E-state index in [9.17, 15) is 9.59 Å². The lowest BCUT2D eigenvalue weighted by molar-refractivity contribution is -0.142. The van der Waals surface area contributed by atoms with Crippen LogP contribution in [0.1, 0.15) is 22.4 Å². The lowest BCUT2D eigenvalue weighted by atomic mass is 10.2. The maximum absolute atomic E-state index is 12.0. The normalized spacial score (nSPS) is 10.8. The maximum Gasteiger partial charge on any atom is 0.331 e. The first-order valence-corrected chi connectivity index (χ1v) is 10.6. The van der Waals surface area contributed by atoms with Gasteiger partial charge in [0, 0.05) is 16.7 Å². The van der Waals surface area contributed by atoms with Crippen molar-refractivity contribution in [2.45, 2.75) is 13.5 Å². The Morgan fingerprint density at radius 3 is 2.84 bits per heavy atom. The van der Waals surface area contributed by atoms with E-state index >= 15 is 0 Å². The van der Waals surface area contributed by atoms with Crippen LogP contribution in [0.25, 0.3) is 6.08 Å². The molecule has 158 valence electrons. The fraction of sp³-hybridized carbons (Fsp3) is 0.143. The van der Waals surface area contributed by atoms with Crippen molar-refractivity contribution < 1.29 is 14.3 Å². The largest absolute Gasteiger partial charge is 0.452 e. The number of hydrogen-bond donors (Lipinski definition) is 1. The van der Waals surface area contributed by atoms with Gasteiger partial charge in [-0.3, -0.25) is 4.79 Å². The number of hydrogen-bond acceptors (Lipinski definition) is 6. The van der Waals surface area contributed by atoms with Crippen molar-refractivity contribution in [3.63, 3.8) is 0 Å². The van der Waals surface area contributed by atoms with Crippen molar-refractivity contribution in [3.8, 4) is 6.07 Å². The maximum atomic E-state index is 12.0. The molecule has 2 aromatic heterocycles. The van der Waals surface area contributed by atoms with Crippen LogP contribution in [0.2, 0.25) is 10.2 Å². The molecule has 0 fully saturated rings. The summed E-state index contributed by atoms with van der Waals surface area (Å²) in [7, 11) is 0. The fourth-order valence-corrected chi connectivity index (χ4v) is 3.89. The van der Waals surface area contributed by atoms with E-state index in [1.54, 1.807) is 29.1 Å². The third-order valence-corrected chi connectivity index (χ3v) is 5.75. The van der Waals surface area contributed by atoms with Gasteiger partial charge in [-0.1, -0.05) is 41.4 Å². The van der Waals surface area contributed by atoms with Gasteiger partial charge >= 0.3 is 5.97 Å². The number of halogens is 2. The van der Waals surface area contributed by atoms with E-state index in [1.165, 1.54) is 23.5 Å². The van der Waals surface area contributed by atoms with Crippen molar-refractivity contribution in [2.24, 2.45) is 0 Å². The van der Waals surface area contributed by atoms with Crippen molar-refractivity contribution in [2.75, 3.05) is 11.9 Å². The van der Waals surface area contributed by atoms with E-state index in [0.29, 0.717) is 38.5 Å². The van der Waals surface area contributed by atoms with Gasteiger partial charge in [0.2, 0.25) is 0 Å². The molecule has 10 heteroatoms. The molecule has 0 saturated carbocycles. The SMILES string of the molecule is Cc1nn(Cc2ccccc2Cl)c(Cl)c1/C=C/C(=O)OCC(=O)Nc1sccc1C#N. The molecule has 2 heterocycles. The smallest absolute Gasteiger partial charge is 0.331 e. The lowest BCUT2D eigenvalue weighted by Crippen LogP contribution is -2.20. The van der Waals surface area contributed by atoms with Crippen LogP contribution in [0.3, 0.4) is 0 Å². The molecule has 0 spiro atoms. The highest BCUT2D eigenvalue weighted by atomic mass is 35.5. The Balaban J connectivity index is 1.59. The van der Waals surface area contributed by atoms with Crippen LogP contribution in [0.4, 0.5) is 5.00 Å². The van der Waals surface area contributed by atoms with Crippen molar-refractivity contribution in [3.05, 3.63) is 74.3 Å². The second-order valence-corrected chi connectivity index (χ2v) is 7.98. The Kier molecular flexibility index (Phi) is 7.47. The number of benzene rings is 1. The van der Waals surface area contributed by atoms with Crippen LogP contribution in [0.15, 0.2) is 41.8 Å². The predicted octanol–water partition coefficient (Wildman–Crippen LogP) is 4.67. The minimum Gasteiger partial charge on any atom is -0.452 e. The molecule has 31 heavy (non-hydrogen) atoms. The number of nitrogens with one attached hydrogen (secondary N) is 1. The van der Waals surface area contributed by atoms with Gasteiger partial charge in [-0.2, -0.15) is 10.4 Å². The third-order valence-electron chi connectivity index (χ3n) is 4.16. The zero-order chi connectivity index (χ0) is 22.4. The number of aromatic nitrogens is 2. The van der Waals surface area contributed by atoms with Crippen LogP contribution in [0, 0.1) is 18.3 Å². The highest BCUT2D eigenvalue weighted by molar-refractivity contribution is 7.14. The van der Waals surface area contributed by atoms with Crippen molar-refractivity contribution >= 4 is 57.5 Å². The summed E-state index contributed by atoms with van der Waals surface area (Å²) in [4.78, 5) is 23.9. The quantitative estimate of drug-likeness (QED) is 0.396. The zero-order valence-electron chi connectivity index (χ0n) is 16.3. The standard InChI is InChI=1S/C21H16Cl2N4O3S/c1-13-16(20(23)27(26-13)11-15-4-2-3-5-17(15)22)6-7-19(29)30-12-18(28)25-21-14(10-24)8-9-31-21/h2-9H,11-12H2,1H3,(H,25,28)/b7-6+. The van der Waals surface area contributed by atoms with Gasteiger partial charge in [0.1, 0.15) is 16.2 Å². The van der Waals surface area contributed by atoms with E-state index in [-0.39, 0.29) is 0 Å². The highest BCUT2D eigenvalue weighted by Gasteiger charge is 2.14. The molecular formula is C21H16Cl2N4O3S. The molecule has 0 aliphatic heterocycles. The first kappa shape index (κ1) is 22.6. The zero-order valence-corrected chi connectivity index (χ0v) is 18.6. The molecule has 3 rings (SSSR count). The molecule has 1 aromatic carbocycles. The van der Waals surface area contributed by atoms with Gasteiger partial charge in [0.25, 0.3) is 5.91 Å². The second-order valence-electron chi connectivity index (χ2n) is 6.30. The summed E-state index contributed by atoms with van der Waals surface area (Å²) in [5, 5.41) is 18.9. The fourth-order valence-electron chi connectivity index (χ4n) is 2.64. The van der Waals surface area contributed by atoms with Crippen molar-refractivity contribution in [1.29, 1.82) is 5.26 Å². The van der Waals surface area contributed by atoms with Gasteiger partial charge in [-0.25, -0.2) is 9.48 Å². The Bertz CT molecular complexity index is 1190. The number of aryl methyl sites for hydroxylation is 1. The molecular weight excluding hydrogens is 459 g/mol. The van der Waals surface area contributed by atoms with Gasteiger partial charge < -0.3 is 10.1 Å². The number of nitrogens with zero attached hydrogens (tertiary/aromatic N) is 3. The Morgan fingerprint density at radius 2 is 2.10 bits per heavy atom. The molecule has 0 radical (unpaired) electrons. The summed E-state index contributed by atoms with van der Waals surface area (Å²) in [6, 6.07) is 10.9. The first-order chi connectivity index (χ1) is 14.9. The van der Waals surface area contributed by atoms with Crippen LogP contribution in [-0.4, -0.2) is 28.3 Å².